The molecule has 192 valence electrons. The summed E-state index contributed by atoms with van der Waals surface area (Å²) in [6, 6.07) is 7.45. The minimum atomic E-state index is -0.617. The van der Waals surface area contributed by atoms with Gasteiger partial charge in [-0.25, -0.2) is 0 Å². The largest absolute Gasteiger partial charge is 0.351 e. The van der Waals surface area contributed by atoms with Crippen LogP contribution in [-0.2, 0) is 0 Å². The molecule has 1 aliphatic carbocycles. The number of nitro groups is 2. The second-order valence-corrected chi connectivity index (χ2v) is 11.1. The van der Waals surface area contributed by atoms with Gasteiger partial charge in [0, 0.05) is 35.8 Å². The van der Waals surface area contributed by atoms with Crippen LogP contribution in [0, 0.1) is 31.1 Å². The van der Waals surface area contributed by atoms with Crippen molar-refractivity contribution in [1.29, 1.82) is 0 Å². The summed E-state index contributed by atoms with van der Waals surface area (Å²) < 4.78 is 0. The van der Waals surface area contributed by atoms with E-state index in [4.69, 9.17) is 23.2 Å². The van der Waals surface area contributed by atoms with Crippen LogP contribution in [0.5, 0.6) is 0 Å². The average molecular weight is 537 g/mol. The molecule has 2 aromatic carbocycles. The number of nitrogens with zero attached hydrogens (tertiary/aromatic N) is 2. The fourth-order valence-corrected chi connectivity index (χ4v) is 5.63. The van der Waals surface area contributed by atoms with Crippen LogP contribution in [-0.4, -0.2) is 34.2 Å². The molecule has 0 aliphatic heterocycles. The van der Waals surface area contributed by atoms with E-state index in [2.05, 4.69) is 24.5 Å². The van der Waals surface area contributed by atoms with Crippen molar-refractivity contribution in [3.63, 3.8) is 0 Å². The maximum atomic E-state index is 12.9. The number of amides is 2. The van der Waals surface area contributed by atoms with E-state index < -0.39 is 15.8 Å². The van der Waals surface area contributed by atoms with Gasteiger partial charge in [0.2, 0.25) is 0 Å². The third kappa shape index (κ3) is 6.50. The van der Waals surface area contributed by atoms with Crippen molar-refractivity contribution in [1.82, 2.24) is 10.6 Å². The number of nitrogens with one attached hydrogen (secondary N) is 2. The van der Waals surface area contributed by atoms with Crippen LogP contribution in [0.15, 0.2) is 36.4 Å². The first-order chi connectivity index (χ1) is 16.7. The summed E-state index contributed by atoms with van der Waals surface area (Å²) >= 11 is 11.9. The van der Waals surface area contributed by atoms with Crippen LogP contribution in [0.25, 0.3) is 0 Å². The Labute approximate surface area is 217 Å². The predicted octanol–water partition coefficient (Wildman–Crippen LogP) is 5.55. The van der Waals surface area contributed by atoms with Gasteiger partial charge in [-0.05, 0) is 54.4 Å². The summed E-state index contributed by atoms with van der Waals surface area (Å²) in [5.41, 5.74) is -0.609. The molecule has 0 aromatic heterocycles. The van der Waals surface area contributed by atoms with Crippen LogP contribution in [0.4, 0.5) is 11.4 Å². The van der Waals surface area contributed by atoms with E-state index in [-0.39, 0.29) is 55.3 Å². The molecule has 1 aliphatic rings. The molecular formula is C24H26Cl2N4O6. The molecule has 2 aromatic rings. The van der Waals surface area contributed by atoms with Gasteiger partial charge < -0.3 is 10.6 Å². The molecule has 0 bridgehead atoms. The lowest BCUT2D eigenvalue weighted by molar-refractivity contribution is -0.384. The molecule has 10 nitrogen and oxygen atoms in total. The predicted molar refractivity (Wildman–Crippen MR) is 136 cm³/mol. The number of rotatable bonds is 7. The Bertz CT molecular complexity index is 1240. The summed E-state index contributed by atoms with van der Waals surface area (Å²) in [5, 5.41) is 27.6. The molecule has 1 fully saturated rings. The zero-order chi connectivity index (χ0) is 26.8. The van der Waals surface area contributed by atoms with Gasteiger partial charge in [0.25, 0.3) is 23.2 Å². The highest BCUT2D eigenvalue weighted by Gasteiger charge is 2.42. The fraction of sp³-hybridized carbons (Fsp3) is 0.417. The minimum absolute atomic E-state index is 0.115. The maximum absolute atomic E-state index is 12.9. The first-order valence-electron chi connectivity index (χ1n) is 11.2. The molecule has 0 saturated heterocycles. The summed E-state index contributed by atoms with van der Waals surface area (Å²) in [6.07, 6.45) is 2.09. The summed E-state index contributed by atoms with van der Waals surface area (Å²) in [4.78, 5) is 46.3. The van der Waals surface area contributed by atoms with Crippen molar-refractivity contribution in [2.75, 3.05) is 6.54 Å². The molecule has 0 radical (unpaired) electrons. The van der Waals surface area contributed by atoms with E-state index in [1.807, 2.05) is 6.92 Å². The lowest BCUT2D eigenvalue weighted by Gasteiger charge is -2.47. The van der Waals surface area contributed by atoms with E-state index in [9.17, 15) is 29.8 Å². The molecule has 0 spiro atoms. The van der Waals surface area contributed by atoms with Gasteiger partial charge in [-0.15, -0.1) is 0 Å². The van der Waals surface area contributed by atoms with E-state index >= 15 is 0 Å². The van der Waals surface area contributed by atoms with Crippen LogP contribution >= 0.6 is 23.2 Å². The number of benzene rings is 2. The van der Waals surface area contributed by atoms with Crippen LogP contribution in [0.1, 0.15) is 60.7 Å². The van der Waals surface area contributed by atoms with Crippen molar-refractivity contribution >= 4 is 46.4 Å². The Balaban J connectivity index is 1.69. The van der Waals surface area contributed by atoms with Crippen LogP contribution in [0.2, 0.25) is 10.0 Å². The molecule has 2 unspecified atom stereocenters. The lowest BCUT2D eigenvalue weighted by Crippen LogP contribution is -2.50. The maximum Gasteiger partial charge on any atom is 0.287 e. The van der Waals surface area contributed by atoms with Gasteiger partial charge in [-0.3, -0.25) is 29.8 Å². The smallest absolute Gasteiger partial charge is 0.287 e. The zero-order valence-electron chi connectivity index (χ0n) is 20.0. The Morgan fingerprint density at radius 1 is 0.917 bits per heavy atom. The van der Waals surface area contributed by atoms with Crippen LogP contribution < -0.4 is 10.6 Å². The molecule has 2 amide bonds. The number of nitro benzene ring substituents is 2. The highest BCUT2D eigenvalue weighted by atomic mass is 35.5. The van der Waals surface area contributed by atoms with Crippen LogP contribution in [0.3, 0.4) is 0 Å². The lowest BCUT2D eigenvalue weighted by atomic mass is 9.62. The number of hydrogen-bond donors (Lipinski definition) is 2. The second kappa shape index (κ2) is 10.4. The van der Waals surface area contributed by atoms with E-state index in [0.29, 0.717) is 19.4 Å². The Morgan fingerprint density at radius 3 is 1.89 bits per heavy atom. The fourth-order valence-electron chi connectivity index (χ4n) is 5.13. The van der Waals surface area contributed by atoms with Gasteiger partial charge in [0.1, 0.15) is 10.0 Å². The number of hydrogen-bond acceptors (Lipinski definition) is 6. The van der Waals surface area contributed by atoms with Crippen molar-refractivity contribution in [2.45, 2.75) is 46.1 Å². The number of halogens is 2. The Hall–Kier alpha value is -3.24. The van der Waals surface area contributed by atoms with Gasteiger partial charge in [0.05, 0.1) is 9.85 Å². The molecule has 2 N–H and O–H groups in total. The second-order valence-electron chi connectivity index (χ2n) is 10.3. The third-order valence-corrected chi connectivity index (χ3v) is 6.87. The molecule has 1 saturated carbocycles. The minimum Gasteiger partial charge on any atom is -0.351 e. The Kier molecular flexibility index (Phi) is 7.90. The van der Waals surface area contributed by atoms with Gasteiger partial charge in [-0.2, -0.15) is 0 Å². The van der Waals surface area contributed by atoms with Crippen molar-refractivity contribution < 1.29 is 19.4 Å². The number of carbonyl (C=O) groups excluding carboxylic acids is 2. The van der Waals surface area contributed by atoms with Gasteiger partial charge >= 0.3 is 0 Å². The summed E-state index contributed by atoms with van der Waals surface area (Å²) in [7, 11) is 0. The topological polar surface area (TPSA) is 144 Å². The van der Waals surface area contributed by atoms with Gasteiger partial charge in [-0.1, -0.05) is 44.0 Å². The normalized spacial score (nSPS) is 20.9. The number of carbonyl (C=O) groups is 2. The standard InChI is InChI=1S/C24H26Cl2N4O6/c1-23(2)10-16(28-22(32)15-5-7-20(30(35)36)18(26)9-15)11-24(3,12-23)13-27-21(31)14-4-6-19(29(33)34)17(25)8-14/h4-9,16H,10-13H2,1-3H3,(H,27,31)(H,28,32). The molecule has 2 atom stereocenters. The SMILES string of the molecule is CC1(C)CC(NC(=O)c2ccc([N+](=O)[O-])c(Cl)c2)CC(C)(CNC(=O)c2ccc([N+](=O)[O-])c(Cl)c2)C1. The van der Waals surface area contributed by atoms with E-state index in [1.165, 1.54) is 36.4 Å². The van der Waals surface area contributed by atoms with E-state index in [0.717, 1.165) is 6.42 Å². The molecule has 12 heteroatoms. The first-order valence-corrected chi connectivity index (χ1v) is 11.9. The third-order valence-electron chi connectivity index (χ3n) is 6.27. The quantitative estimate of drug-likeness (QED) is 0.350. The highest BCUT2D eigenvalue weighted by Crippen LogP contribution is 2.46. The molecular weight excluding hydrogens is 511 g/mol. The van der Waals surface area contributed by atoms with Crippen molar-refractivity contribution in [2.24, 2.45) is 10.8 Å². The highest BCUT2D eigenvalue weighted by molar-refractivity contribution is 6.33. The molecule has 36 heavy (non-hydrogen) atoms. The zero-order valence-corrected chi connectivity index (χ0v) is 21.5. The Morgan fingerprint density at radius 2 is 1.42 bits per heavy atom. The molecule has 3 rings (SSSR count). The van der Waals surface area contributed by atoms with E-state index in [1.54, 1.807) is 0 Å². The monoisotopic (exact) mass is 536 g/mol. The van der Waals surface area contributed by atoms with Gasteiger partial charge in [0.15, 0.2) is 0 Å². The van der Waals surface area contributed by atoms with Crippen molar-refractivity contribution in [3.05, 3.63) is 77.8 Å². The molecule has 0 heterocycles. The summed E-state index contributed by atoms with van der Waals surface area (Å²) in [5.74, 6) is -0.793. The average Bonchev–Trinajstić information content (AvgIpc) is 2.75. The first kappa shape index (κ1) is 27.3. The summed E-state index contributed by atoms with van der Waals surface area (Å²) in [6.45, 7) is 6.52. The van der Waals surface area contributed by atoms with Crippen molar-refractivity contribution in [3.8, 4) is 0 Å².